The van der Waals surface area contributed by atoms with Gasteiger partial charge in [0.15, 0.2) is 0 Å². The first-order valence-corrected chi connectivity index (χ1v) is 5.05. The Balaban J connectivity index is 2.42. The summed E-state index contributed by atoms with van der Waals surface area (Å²) in [6, 6.07) is 2.01. The highest BCUT2D eigenvalue weighted by atomic mass is 16.4. The van der Waals surface area contributed by atoms with Crippen LogP contribution in [0.15, 0.2) is 24.7 Å². The molecule has 2 aromatic heterocycles. The predicted molar refractivity (Wildman–Crippen MR) is 59.4 cm³/mol. The molecule has 0 amide bonds. The Bertz CT molecular complexity index is 511. The van der Waals surface area contributed by atoms with Crippen LogP contribution in [-0.4, -0.2) is 25.8 Å². The summed E-state index contributed by atoms with van der Waals surface area (Å²) in [4.78, 5) is 13.6. The van der Waals surface area contributed by atoms with Gasteiger partial charge in [0, 0.05) is 29.6 Å². The van der Waals surface area contributed by atoms with Crippen LogP contribution in [0.2, 0.25) is 0 Å². The summed E-state index contributed by atoms with van der Waals surface area (Å²) in [6.45, 7) is 4.04. The molecule has 0 saturated carbocycles. The molecule has 0 fully saturated rings. The van der Waals surface area contributed by atoms with E-state index in [0.29, 0.717) is 5.56 Å². The monoisotopic (exact) mass is 219 g/mol. The van der Waals surface area contributed by atoms with Crippen LogP contribution >= 0.6 is 0 Å². The number of carboxylic acid groups (broad SMARTS) is 1. The van der Waals surface area contributed by atoms with Crippen LogP contribution in [0.3, 0.4) is 0 Å². The van der Waals surface area contributed by atoms with E-state index in [-0.39, 0.29) is 11.7 Å². The van der Waals surface area contributed by atoms with E-state index in [1.54, 1.807) is 23.1 Å². The van der Waals surface area contributed by atoms with Gasteiger partial charge in [0.2, 0.25) is 0 Å². The number of aromatic carboxylic acids is 1. The maximum atomic E-state index is 10.9. The molecule has 2 rings (SSSR count). The van der Waals surface area contributed by atoms with Crippen LogP contribution < -0.4 is 0 Å². The van der Waals surface area contributed by atoms with Crippen LogP contribution in [0.5, 0.6) is 0 Å². The first kappa shape index (κ1) is 10.5. The van der Waals surface area contributed by atoms with Crippen molar-refractivity contribution in [1.29, 1.82) is 0 Å². The summed E-state index contributed by atoms with van der Waals surface area (Å²) < 4.78 is 1.80. The fraction of sp³-hybridized carbons (Fsp3) is 0.273. The number of rotatable bonds is 3. The Morgan fingerprint density at radius 3 is 2.88 bits per heavy atom. The molecular weight excluding hydrogens is 206 g/mol. The van der Waals surface area contributed by atoms with Gasteiger partial charge in [0.1, 0.15) is 5.69 Å². The molecule has 0 aliphatic heterocycles. The third-order valence-corrected chi connectivity index (χ3v) is 2.40. The zero-order chi connectivity index (χ0) is 11.7. The third kappa shape index (κ3) is 1.71. The number of hydrogen-bond acceptors (Lipinski definition) is 2. The highest BCUT2D eigenvalue weighted by Gasteiger charge is 2.14. The number of carbonyl (C=O) groups is 1. The first-order chi connectivity index (χ1) is 7.59. The quantitative estimate of drug-likeness (QED) is 0.830. The molecule has 0 spiro atoms. The van der Waals surface area contributed by atoms with E-state index in [2.05, 4.69) is 10.1 Å². The van der Waals surface area contributed by atoms with Gasteiger partial charge in [-0.2, -0.15) is 5.10 Å². The SMILES string of the molecule is CC(C)n1cc(-c2cc[nH]c2C(=O)O)cn1. The van der Waals surface area contributed by atoms with Crippen molar-refractivity contribution in [2.24, 2.45) is 0 Å². The van der Waals surface area contributed by atoms with Crippen LogP contribution in [-0.2, 0) is 0 Å². The highest BCUT2D eigenvalue weighted by Crippen LogP contribution is 2.23. The molecule has 84 valence electrons. The molecule has 2 heterocycles. The van der Waals surface area contributed by atoms with Gasteiger partial charge in [-0.25, -0.2) is 4.79 Å². The molecule has 0 bridgehead atoms. The van der Waals surface area contributed by atoms with Crippen LogP contribution in [0.4, 0.5) is 0 Å². The number of nitrogens with zero attached hydrogens (tertiary/aromatic N) is 2. The third-order valence-electron chi connectivity index (χ3n) is 2.40. The van der Waals surface area contributed by atoms with Gasteiger partial charge < -0.3 is 10.1 Å². The van der Waals surface area contributed by atoms with Gasteiger partial charge in [0.25, 0.3) is 0 Å². The number of nitrogens with one attached hydrogen (secondary N) is 1. The second kappa shape index (κ2) is 3.84. The van der Waals surface area contributed by atoms with E-state index in [0.717, 1.165) is 5.56 Å². The zero-order valence-corrected chi connectivity index (χ0v) is 9.14. The van der Waals surface area contributed by atoms with Crippen molar-refractivity contribution in [2.45, 2.75) is 19.9 Å². The lowest BCUT2D eigenvalue weighted by atomic mass is 10.1. The molecule has 0 atom stereocenters. The van der Waals surface area contributed by atoms with Crippen molar-refractivity contribution in [3.63, 3.8) is 0 Å². The minimum absolute atomic E-state index is 0.198. The van der Waals surface area contributed by atoms with Crippen molar-refractivity contribution in [3.05, 3.63) is 30.4 Å². The second-order valence-electron chi connectivity index (χ2n) is 3.87. The topological polar surface area (TPSA) is 70.9 Å². The molecular formula is C11H13N3O2. The summed E-state index contributed by atoms with van der Waals surface area (Å²) >= 11 is 0. The van der Waals surface area contributed by atoms with Crippen molar-refractivity contribution in [2.75, 3.05) is 0 Å². The fourth-order valence-electron chi connectivity index (χ4n) is 1.55. The van der Waals surface area contributed by atoms with Crippen molar-refractivity contribution < 1.29 is 9.90 Å². The van der Waals surface area contributed by atoms with Crippen LogP contribution in [0.1, 0.15) is 30.4 Å². The van der Waals surface area contributed by atoms with E-state index < -0.39 is 5.97 Å². The predicted octanol–water partition coefficient (Wildman–Crippen LogP) is 2.16. The van der Waals surface area contributed by atoms with E-state index in [1.807, 2.05) is 20.0 Å². The number of aromatic nitrogens is 3. The Labute approximate surface area is 92.7 Å². The number of aromatic amines is 1. The lowest BCUT2D eigenvalue weighted by Crippen LogP contribution is -2.00. The average Bonchev–Trinajstić information content (AvgIpc) is 2.86. The highest BCUT2D eigenvalue weighted by molar-refractivity contribution is 5.94. The molecule has 0 aromatic carbocycles. The summed E-state index contributed by atoms with van der Waals surface area (Å²) in [5, 5.41) is 13.2. The molecule has 5 heteroatoms. The molecule has 2 N–H and O–H groups in total. The maximum Gasteiger partial charge on any atom is 0.352 e. The molecule has 5 nitrogen and oxygen atoms in total. The number of hydrogen-bond donors (Lipinski definition) is 2. The van der Waals surface area contributed by atoms with Gasteiger partial charge in [-0.05, 0) is 19.9 Å². The lowest BCUT2D eigenvalue weighted by Gasteiger charge is -2.03. The Kier molecular flexibility index (Phi) is 2.52. The molecule has 0 aliphatic carbocycles. The van der Waals surface area contributed by atoms with Gasteiger partial charge in [-0.15, -0.1) is 0 Å². The number of H-pyrrole nitrogens is 1. The van der Waals surface area contributed by atoms with Crippen LogP contribution in [0.25, 0.3) is 11.1 Å². The van der Waals surface area contributed by atoms with E-state index >= 15 is 0 Å². The fourth-order valence-corrected chi connectivity index (χ4v) is 1.55. The number of carboxylic acids is 1. The normalized spacial score (nSPS) is 10.9. The second-order valence-corrected chi connectivity index (χ2v) is 3.87. The summed E-state index contributed by atoms with van der Waals surface area (Å²) in [5.41, 5.74) is 1.68. The average molecular weight is 219 g/mol. The lowest BCUT2D eigenvalue weighted by molar-refractivity contribution is 0.0692. The van der Waals surface area contributed by atoms with Crippen molar-refractivity contribution >= 4 is 5.97 Å². The summed E-state index contributed by atoms with van der Waals surface area (Å²) in [6.07, 6.45) is 5.14. The summed E-state index contributed by atoms with van der Waals surface area (Å²) in [7, 11) is 0. The minimum Gasteiger partial charge on any atom is -0.477 e. The van der Waals surface area contributed by atoms with E-state index in [9.17, 15) is 4.79 Å². The first-order valence-electron chi connectivity index (χ1n) is 5.05. The molecule has 0 aliphatic rings. The minimum atomic E-state index is -0.961. The molecule has 2 aromatic rings. The standard InChI is InChI=1S/C11H13N3O2/c1-7(2)14-6-8(5-13-14)9-3-4-12-10(9)11(15)16/h3-7,12H,1-2H3,(H,15,16). The summed E-state index contributed by atoms with van der Waals surface area (Å²) in [5.74, 6) is -0.961. The Morgan fingerprint density at radius 1 is 1.56 bits per heavy atom. The largest absolute Gasteiger partial charge is 0.477 e. The van der Waals surface area contributed by atoms with Crippen molar-refractivity contribution in [3.8, 4) is 11.1 Å². The van der Waals surface area contributed by atoms with Crippen LogP contribution in [0, 0.1) is 0 Å². The van der Waals surface area contributed by atoms with Gasteiger partial charge in [0.05, 0.1) is 6.20 Å². The smallest absolute Gasteiger partial charge is 0.352 e. The Hall–Kier alpha value is -2.04. The maximum absolute atomic E-state index is 10.9. The molecule has 0 radical (unpaired) electrons. The zero-order valence-electron chi connectivity index (χ0n) is 9.14. The van der Waals surface area contributed by atoms with E-state index in [4.69, 9.17) is 5.11 Å². The van der Waals surface area contributed by atoms with Gasteiger partial charge in [-0.3, -0.25) is 4.68 Å². The van der Waals surface area contributed by atoms with Crippen molar-refractivity contribution in [1.82, 2.24) is 14.8 Å². The molecule has 16 heavy (non-hydrogen) atoms. The Morgan fingerprint density at radius 2 is 2.31 bits per heavy atom. The molecule has 0 unspecified atom stereocenters. The van der Waals surface area contributed by atoms with E-state index in [1.165, 1.54) is 0 Å². The molecule has 0 saturated heterocycles. The van der Waals surface area contributed by atoms with Gasteiger partial charge >= 0.3 is 5.97 Å². The van der Waals surface area contributed by atoms with Gasteiger partial charge in [-0.1, -0.05) is 0 Å².